The summed E-state index contributed by atoms with van der Waals surface area (Å²) in [4.78, 5) is 27.0. The molecule has 3 N–H and O–H groups in total. The van der Waals surface area contributed by atoms with Crippen molar-refractivity contribution in [3.63, 3.8) is 0 Å². The molecule has 3 heterocycles. The van der Waals surface area contributed by atoms with Crippen molar-refractivity contribution in [1.82, 2.24) is 25.3 Å². The van der Waals surface area contributed by atoms with Crippen LogP contribution in [-0.4, -0.2) is 38.9 Å². The third-order valence-electron chi connectivity index (χ3n) is 3.73. The lowest BCUT2D eigenvalue weighted by atomic mass is 9.93. The van der Waals surface area contributed by atoms with Gasteiger partial charge in [0.1, 0.15) is 5.52 Å². The van der Waals surface area contributed by atoms with Crippen LogP contribution in [0, 0.1) is 5.92 Å². The van der Waals surface area contributed by atoms with Crippen molar-refractivity contribution in [2.24, 2.45) is 5.92 Å². The summed E-state index contributed by atoms with van der Waals surface area (Å²) in [5.74, 6) is 0.740. The molecule has 3 rings (SSSR count). The first-order valence-corrected chi connectivity index (χ1v) is 7.47. The van der Waals surface area contributed by atoms with Crippen molar-refractivity contribution in [2.45, 2.75) is 25.7 Å². The van der Waals surface area contributed by atoms with Crippen molar-refractivity contribution in [1.29, 1.82) is 0 Å². The molecule has 21 heavy (non-hydrogen) atoms. The number of halogens is 1. The Labute approximate surface area is 126 Å². The second-order valence-corrected chi connectivity index (χ2v) is 5.58. The van der Waals surface area contributed by atoms with Crippen molar-refractivity contribution in [2.75, 3.05) is 18.4 Å². The first kappa shape index (κ1) is 14.2. The fourth-order valence-corrected chi connectivity index (χ4v) is 2.77. The van der Waals surface area contributed by atoms with Crippen molar-refractivity contribution in [3.8, 4) is 0 Å². The number of carbonyl (C=O) groups excluding carboxylic acids is 1. The van der Waals surface area contributed by atoms with Crippen molar-refractivity contribution >= 4 is 34.6 Å². The number of nitrogens with one attached hydrogen (secondary N) is 3. The monoisotopic (exact) mass is 308 g/mol. The molecular weight excluding hydrogens is 292 g/mol. The van der Waals surface area contributed by atoms with E-state index >= 15 is 0 Å². The Hall–Kier alpha value is -1.73. The second-order valence-electron chi connectivity index (χ2n) is 5.22. The first-order valence-electron chi connectivity index (χ1n) is 7.09. The van der Waals surface area contributed by atoms with Gasteiger partial charge in [-0.2, -0.15) is 9.97 Å². The number of aromatic amines is 1. The van der Waals surface area contributed by atoms with Gasteiger partial charge in [-0.1, -0.05) is 11.6 Å². The van der Waals surface area contributed by atoms with Crippen molar-refractivity contribution < 1.29 is 4.79 Å². The highest BCUT2D eigenvalue weighted by molar-refractivity contribution is 6.33. The molecule has 0 atom stereocenters. The van der Waals surface area contributed by atoms with Crippen LogP contribution in [0.25, 0.3) is 11.2 Å². The number of nitrogens with zero attached hydrogens (tertiary/aromatic N) is 3. The van der Waals surface area contributed by atoms with Gasteiger partial charge in [0.2, 0.25) is 11.9 Å². The number of aromatic nitrogens is 4. The van der Waals surface area contributed by atoms with E-state index in [0.717, 1.165) is 32.4 Å². The number of amides is 1. The zero-order valence-corrected chi connectivity index (χ0v) is 12.3. The lowest BCUT2D eigenvalue weighted by Gasteiger charge is -2.21. The summed E-state index contributed by atoms with van der Waals surface area (Å²) in [6.07, 6.45) is 5.13. The van der Waals surface area contributed by atoms with Crippen LogP contribution in [0.5, 0.6) is 0 Å². The van der Waals surface area contributed by atoms with E-state index in [2.05, 4.69) is 30.6 Å². The number of carbonyl (C=O) groups is 1. The Balaban J connectivity index is 1.57. The van der Waals surface area contributed by atoms with Gasteiger partial charge in [0.15, 0.2) is 10.8 Å². The molecule has 8 heteroatoms. The van der Waals surface area contributed by atoms with Gasteiger partial charge >= 0.3 is 0 Å². The van der Waals surface area contributed by atoms with E-state index in [0.29, 0.717) is 23.5 Å². The van der Waals surface area contributed by atoms with E-state index in [-0.39, 0.29) is 17.0 Å². The summed E-state index contributed by atoms with van der Waals surface area (Å²) in [5.41, 5.74) is 1.02. The average molecular weight is 309 g/mol. The molecule has 1 amide bonds. The standard InChI is InChI=1S/C13H17ClN6O/c14-11-10-12(17-7-16-10)20-13(19-11)18-9(21)2-1-8-3-5-15-6-4-8/h7-8,15H,1-6H2,(H2,16,17,18,19,20,21). The number of H-pyrrole nitrogens is 1. The Morgan fingerprint density at radius 3 is 3.00 bits per heavy atom. The molecule has 0 radical (unpaired) electrons. The molecule has 0 spiro atoms. The summed E-state index contributed by atoms with van der Waals surface area (Å²) in [7, 11) is 0. The Kier molecular flexibility index (Phi) is 4.31. The minimum absolute atomic E-state index is 0.0838. The summed E-state index contributed by atoms with van der Waals surface area (Å²) in [6.45, 7) is 2.08. The molecule has 0 bridgehead atoms. The number of rotatable bonds is 4. The van der Waals surface area contributed by atoms with E-state index in [1.807, 2.05) is 0 Å². The zero-order chi connectivity index (χ0) is 14.7. The molecule has 1 aliphatic rings. The minimum Gasteiger partial charge on any atom is -0.341 e. The van der Waals surface area contributed by atoms with Crippen LogP contribution in [0.3, 0.4) is 0 Å². The van der Waals surface area contributed by atoms with Crippen LogP contribution in [0.4, 0.5) is 5.95 Å². The molecule has 1 saturated heterocycles. The van der Waals surface area contributed by atoms with E-state index in [9.17, 15) is 4.79 Å². The van der Waals surface area contributed by atoms with Gasteiger partial charge in [-0.15, -0.1) is 0 Å². The van der Waals surface area contributed by atoms with E-state index in [4.69, 9.17) is 11.6 Å². The van der Waals surface area contributed by atoms with Gasteiger partial charge in [0.05, 0.1) is 6.33 Å². The average Bonchev–Trinajstić information content (AvgIpc) is 2.95. The van der Waals surface area contributed by atoms with E-state index in [1.54, 1.807) is 0 Å². The molecule has 0 aromatic carbocycles. The van der Waals surface area contributed by atoms with Crippen LogP contribution in [0.1, 0.15) is 25.7 Å². The molecular formula is C13H17ClN6O. The SMILES string of the molecule is O=C(CCC1CCNCC1)Nc1nc(Cl)c2[nH]cnc2n1. The molecule has 2 aromatic rings. The highest BCUT2D eigenvalue weighted by Gasteiger charge is 2.15. The lowest BCUT2D eigenvalue weighted by Crippen LogP contribution is -2.28. The number of piperidine rings is 1. The number of hydrogen-bond donors (Lipinski definition) is 3. The predicted octanol–water partition coefficient (Wildman–Crippen LogP) is 1.72. The third-order valence-corrected chi connectivity index (χ3v) is 4.00. The maximum atomic E-state index is 12.0. The van der Waals surface area contributed by atoms with Gasteiger partial charge in [-0.25, -0.2) is 4.98 Å². The predicted molar refractivity (Wildman–Crippen MR) is 80.2 cm³/mol. The molecule has 0 saturated carbocycles. The fourth-order valence-electron chi connectivity index (χ4n) is 2.55. The van der Waals surface area contributed by atoms with Gasteiger partial charge in [0.25, 0.3) is 0 Å². The Bertz CT molecular complexity index is 637. The topological polar surface area (TPSA) is 95.6 Å². The number of anilines is 1. The Morgan fingerprint density at radius 1 is 1.38 bits per heavy atom. The minimum atomic E-state index is -0.0838. The van der Waals surface area contributed by atoms with Gasteiger partial charge in [-0.3, -0.25) is 10.1 Å². The highest BCUT2D eigenvalue weighted by Crippen LogP contribution is 2.20. The maximum absolute atomic E-state index is 12.0. The largest absolute Gasteiger partial charge is 0.341 e. The first-order chi connectivity index (χ1) is 10.2. The molecule has 2 aromatic heterocycles. The maximum Gasteiger partial charge on any atom is 0.233 e. The van der Waals surface area contributed by atoms with Gasteiger partial charge in [0, 0.05) is 6.42 Å². The van der Waals surface area contributed by atoms with Crippen LogP contribution >= 0.6 is 11.6 Å². The fraction of sp³-hybridized carbons (Fsp3) is 0.538. The molecule has 112 valence electrons. The van der Waals surface area contributed by atoms with Crippen LogP contribution in [0.2, 0.25) is 5.15 Å². The number of fused-ring (bicyclic) bond motifs is 1. The van der Waals surface area contributed by atoms with Gasteiger partial charge in [-0.05, 0) is 38.3 Å². The normalized spacial score (nSPS) is 16.2. The second kappa shape index (κ2) is 6.36. The molecule has 0 aliphatic carbocycles. The molecule has 1 aliphatic heterocycles. The quantitative estimate of drug-likeness (QED) is 0.748. The zero-order valence-electron chi connectivity index (χ0n) is 11.5. The summed E-state index contributed by atoms with van der Waals surface area (Å²) < 4.78 is 0. The highest BCUT2D eigenvalue weighted by atomic mass is 35.5. The summed E-state index contributed by atoms with van der Waals surface area (Å²) in [5, 5.41) is 6.26. The van der Waals surface area contributed by atoms with E-state index in [1.165, 1.54) is 6.33 Å². The number of hydrogen-bond acceptors (Lipinski definition) is 5. The molecule has 0 unspecified atom stereocenters. The number of imidazole rings is 1. The molecule has 1 fully saturated rings. The molecule has 7 nitrogen and oxygen atoms in total. The van der Waals surface area contributed by atoms with Crippen LogP contribution < -0.4 is 10.6 Å². The van der Waals surface area contributed by atoms with Crippen LogP contribution in [0.15, 0.2) is 6.33 Å². The third kappa shape index (κ3) is 3.48. The summed E-state index contributed by atoms with van der Waals surface area (Å²) in [6, 6.07) is 0. The van der Waals surface area contributed by atoms with E-state index < -0.39 is 0 Å². The lowest BCUT2D eigenvalue weighted by molar-refractivity contribution is -0.116. The summed E-state index contributed by atoms with van der Waals surface area (Å²) >= 11 is 6.01. The smallest absolute Gasteiger partial charge is 0.233 e. The van der Waals surface area contributed by atoms with Gasteiger partial charge < -0.3 is 10.3 Å². The Morgan fingerprint density at radius 2 is 2.19 bits per heavy atom. The van der Waals surface area contributed by atoms with Crippen LogP contribution in [-0.2, 0) is 4.79 Å². The van der Waals surface area contributed by atoms with Crippen molar-refractivity contribution in [3.05, 3.63) is 11.5 Å².